The number of anilines is 3. The molecule has 1 atom stereocenters. The molecule has 2 N–H and O–H groups in total. The Bertz CT molecular complexity index is 1110. The van der Waals surface area contributed by atoms with Gasteiger partial charge in [0.15, 0.2) is 0 Å². The maximum atomic E-state index is 13.1. The summed E-state index contributed by atoms with van der Waals surface area (Å²) in [6, 6.07) is 9.69. The Kier molecular flexibility index (Phi) is 7.40. The summed E-state index contributed by atoms with van der Waals surface area (Å²) in [4.78, 5) is 44.0. The zero-order valence-corrected chi connectivity index (χ0v) is 21.2. The van der Waals surface area contributed by atoms with Crippen LogP contribution in [0.5, 0.6) is 0 Å². The van der Waals surface area contributed by atoms with Gasteiger partial charge in [-0.25, -0.2) is 19.6 Å². The molecule has 0 bridgehead atoms. The maximum absolute atomic E-state index is 13.1. The van der Waals surface area contributed by atoms with Gasteiger partial charge < -0.3 is 34.8 Å². The topological polar surface area (TPSA) is 118 Å². The fraction of sp³-hybridized carbons (Fsp3) is 0.458. The molecule has 12 nitrogen and oxygen atoms in total. The molecule has 5 heterocycles. The monoisotopic (exact) mass is 526 g/mol. The molecule has 13 heteroatoms. The Balaban J connectivity index is 1.09. The fourth-order valence-corrected chi connectivity index (χ4v) is 4.84. The molecule has 0 radical (unpaired) electrons. The van der Waals surface area contributed by atoms with Crippen molar-refractivity contribution in [3.63, 3.8) is 0 Å². The lowest BCUT2D eigenvalue weighted by Crippen LogP contribution is -2.57. The average Bonchev–Trinajstić information content (AvgIpc) is 3.32. The summed E-state index contributed by atoms with van der Waals surface area (Å²) in [5.41, 5.74) is 0.640. The number of urea groups is 1. The molecular weight excluding hydrogens is 496 g/mol. The van der Waals surface area contributed by atoms with Gasteiger partial charge in [-0.1, -0.05) is 6.07 Å². The predicted molar refractivity (Wildman–Crippen MR) is 142 cm³/mol. The van der Waals surface area contributed by atoms with Crippen molar-refractivity contribution >= 4 is 46.8 Å². The summed E-state index contributed by atoms with van der Waals surface area (Å²) in [6.45, 7) is 6.12. The van der Waals surface area contributed by atoms with E-state index in [4.69, 9.17) is 9.84 Å². The van der Waals surface area contributed by atoms with Crippen molar-refractivity contribution in [1.29, 1.82) is 0 Å². The van der Waals surface area contributed by atoms with Crippen molar-refractivity contribution in [2.45, 2.75) is 6.10 Å². The number of hydrogen-bond acceptors (Lipinski definition) is 8. The first-order valence-electron chi connectivity index (χ1n) is 12.3. The highest BCUT2D eigenvalue weighted by molar-refractivity contribution is 7.79. The van der Waals surface area contributed by atoms with Crippen molar-refractivity contribution in [1.82, 2.24) is 25.1 Å². The SMILES string of the molecule is O=C(N1CCN(c2ccccn2)CC1)N1CCN(c2ccc(N3CC(CNC(O)=S)OC3=O)cn2)CC1. The molecule has 0 saturated carbocycles. The Morgan fingerprint density at radius 1 is 0.973 bits per heavy atom. The van der Waals surface area contributed by atoms with Crippen LogP contribution in [-0.4, -0.2) is 114 Å². The van der Waals surface area contributed by atoms with Crippen molar-refractivity contribution in [2.75, 3.05) is 80.1 Å². The summed E-state index contributed by atoms with van der Waals surface area (Å²) in [5, 5.41) is 11.4. The minimum Gasteiger partial charge on any atom is -0.487 e. The zero-order chi connectivity index (χ0) is 25.8. The summed E-state index contributed by atoms with van der Waals surface area (Å²) in [5.74, 6) is 1.75. The fourth-order valence-electron chi connectivity index (χ4n) is 4.76. The number of ether oxygens (including phenoxy) is 1. The van der Waals surface area contributed by atoms with Gasteiger partial charge in [0.2, 0.25) is 0 Å². The zero-order valence-electron chi connectivity index (χ0n) is 20.4. The first-order valence-corrected chi connectivity index (χ1v) is 12.7. The van der Waals surface area contributed by atoms with E-state index in [9.17, 15) is 9.59 Å². The molecule has 196 valence electrons. The van der Waals surface area contributed by atoms with Gasteiger partial charge in [-0.05, 0) is 36.5 Å². The number of aromatic nitrogens is 2. The van der Waals surface area contributed by atoms with Gasteiger partial charge >= 0.3 is 12.1 Å². The summed E-state index contributed by atoms with van der Waals surface area (Å²) in [7, 11) is 0. The van der Waals surface area contributed by atoms with E-state index >= 15 is 0 Å². The number of carbonyl (C=O) groups is 2. The van der Waals surface area contributed by atoms with Crippen LogP contribution in [0, 0.1) is 0 Å². The smallest absolute Gasteiger partial charge is 0.414 e. The van der Waals surface area contributed by atoms with E-state index in [1.807, 2.05) is 40.1 Å². The quantitative estimate of drug-likeness (QED) is 0.552. The molecular formula is C24H30N8O4S. The van der Waals surface area contributed by atoms with Crippen LogP contribution in [0.1, 0.15) is 0 Å². The van der Waals surface area contributed by atoms with Crippen molar-refractivity contribution in [2.24, 2.45) is 0 Å². The number of nitrogens with one attached hydrogen (secondary N) is 1. The van der Waals surface area contributed by atoms with Crippen LogP contribution in [0.2, 0.25) is 0 Å². The summed E-state index contributed by atoms with van der Waals surface area (Å²) in [6.07, 6.45) is 2.57. The number of pyridine rings is 2. The van der Waals surface area contributed by atoms with Gasteiger partial charge in [-0.2, -0.15) is 0 Å². The van der Waals surface area contributed by atoms with Crippen LogP contribution in [0.4, 0.5) is 26.9 Å². The molecule has 2 aromatic heterocycles. The van der Waals surface area contributed by atoms with Crippen LogP contribution >= 0.6 is 12.2 Å². The molecule has 37 heavy (non-hydrogen) atoms. The molecule has 3 fully saturated rings. The highest BCUT2D eigenvalue weighted by Crippen LogP contribution is 2.24. The van der Waals surface area contributed by atoms with Crippen LogP contribution in [0.15, 0.2) is 42.7 Å². The Labute approximate surface area is 220 Å². The molecule has 1 unspecified atom stereocenters. The summed E-state index contributed by atoms with van der Waals surface area (Å²) < 4.78 is 5.31. The molecule has 2 aromatic rings. The molecule has 0 spiro atoms. The Hall–Kier alpha value is -3.87. The second-order valence-corrected chi connectivity index (χ2v) is 9.48. The van der Waals surface area contributed by atoms with Gasteiger partial charge in [0.1, 0.15) is 17.7 Å². The maximum Gasteiger partial charge on any atom is 0.414 e. The number of rotatable bonds is 5. The average molecular weight is 527 g/mol. The van der Waals surface area contributed by atoms with E-state index < -0.39 is 12.2 Å². The van der Waals surface area contributed by atoms with E-state index in [1.165, 1.54) is 4.90 Å². The lowest BCUT2D eigenvalue weighted by atomic mass is 10.2. The third-order valence-electron chi connectivity index (χ3n) is 6.80. The van der Waals surface area contributed by atoms with E-state index in [-0.39, 0.29) is 17.8 Å². The normalized spacial score (nSPS) is 20.2. The molecule has 3 aliphatic heterocycles. The number of amides is 3. The third-order valence-corrected chi connectivity index (χ3v) is 6.94. The van der Waals surface area contributed by atoms with Gasteiger partial charge in [0, 0.05) is 58.6 Å². The predicted octanol–water partition coefficient (Wildman–Crippen LogP) is 1.30. The van der Waals surface area contributed by atoms with E-state index in [2.05, 4.69) is 37.3 Å². The van der Waals surface area contributed by atoms with E-state index in [1.54, 1.807) is 12.4 Å². The van der Waals surface area contributed by atoms with Gasteiger partial charge in [-0.15, -0.1) is 0 Å². The molecule has 3 aliphatic rings. The molecule has 3 saturated heterocycles. The van der Waals surface area contributed by atoms with Crippen LogP contribution < -0.4 is 20.0 Å². The van der Waals surface area contributed by atoms with Crippen molar-refractivity contribution in [3.8, 4) is 0 Å². The number of aliphatic hydroxyl groups excluding tert-OH is 1. The van der Waals surface area contributed by atoms with Crippen LogP contribution in [-0.2, 0) is 4.74 Å². The van der Waals surface area contributed by atoms with Crippen molar-refractivity contribution in [3.05, 3.63) is 42.7 Å². The van der Waals surface area contributed by atoms with E-state index in [0.29, 0.717) is 51.5 Å². The minimum absolute atomic E-state index is 0.0854. The number of cyclic esters (lactones) is 1. The standard InChI is InChI=1S/C24H30N8O4S/c33-22(37)27-16-19-17-32(24(35)36-19)18-4-5-21(26-15-18)29-9-13-31(14-10-29)23(34)30-11-7-28(8-12-30)20-3-1-2-6-25-20/h1-6,15,19H,7-14,16-17H2,(H2,27,33,37). The largest absolute Gasteiger partial charge is 0.487 e. The second kappa shape index (κ2) is 11.0. The Morgan fingerprint density at radius 2 is 1.62 bits per heavy atom. The number of nitrogens with zero attached hydrogens (tertiary/aromatic N) is 7. The van der Waals surface area contributed by atoms with Crippen LogP contribution in [0.3, 0.4) is 0 Å². The van der Waals surface area contributed by atoms with E-state index in [0.717, 1.165) is 24.7 Å². The number of carbonyl (C=O) groups excluding carboxylic acids is 2. The third kappa shape index (κ3) is 5.77. The lowest BCUT2D eigenvalue weighted by Gasteiger charge is -2.41. The van der Waals surface area contributed by atoms with Gasteiger partial charge in [0.05, 0.1) is 25.0 Å². The number of aliphatic hydroxyl groups is 1. The first-order chi connectivity index (χ1) is 18.0. The minimum atomic E-state index is -0.460. The molecule has 0 aliphatic carbocycles. The number of hydrogen-bond donors (Lipinski definition) is 2. The molecule has 0 aromatic carbocycles. The van der Waals surface area contributed by atoms with Crippen molar-refractivity contribution < 1.29 is 19.4 Å². The van der Waals surface area contributed by atoms with Gasteiger partial charge in [-0.3, -0.25) is 4.90 Å². The second-order valence-electron chi connectivity index (χ2n) is 9.10. The van der Waals surface area contributed by atoms with Crippen LogP contribution in [0.25, 0.3) is 0 Å². The number of thiocarbonyl (C=S) groups is 1. The molecule has 3 amide bonds. The van der Waals surface area contributed by atoms with Gasteiger partial charge in [0.25, 0.3) is 5.17 Å². The highest BCUT2D eigenvalue weighted by atomic mass is 32.1. The highest BCUT2D eigenvalue weighted by Gasteiger charge is 2.33. The Morgan fingerprint density at radius 3 is 2.16 bits per heavy atom. The summed E-state index contributed by atoms with van der Waals surface area (Å²) >= 11 is 4.58. The lowest BCUT2D eigenvalue weighted by molar-refractivity contribution is 0.142. The number of piperazine rings is 2. The first kappa shape index (κ1) is 24.8. The molecule has 5 rings (SSSR count).